The normalized spacial score (nSPS) is 25.8. The minimum absolute atomic E-state index is 0.504. The number of benzene rings is 1. The Kier molecular flexibility index (Phi) is 2.96. The van der Waals surface area contributed by atoms with E-state index in [1.807, 2.05) is 36.4 Å². The first-order valence-corrected chi connectivity index (χ1v) is 8.32. The Morgan fingerprint density at radius 2 is 1.58 bits per heavy atom. The van der Waals surface area contributed by atoms with Crippen molar-refractivity contribution < 1.29 is 10.2 Å². The maximum absolute atomic E-state index is 12.5. The van der Waals surface area contributed by atoms with E-state index in [2.05, 4.69) is 4.98 Å². The lowest BCUT2D eigenvalue weighted by molar-refractivity contribution is -0.0711. The molecule has 8 heteroatoms. The topological polar surface area (TPSA) is 102 Å². The van der Waals surface area contributed by atoms with Crippen LogP contribution in [0.1, 0.15) is 23.2 Å². The van der Waals surface area contributed by atoms with Crippen molar-refractivity contribution in [3.63, 3.8) is 0 Å². The van der Waals surface area contributed by atoms with Crippen molar-refractivity contribution in [3.8, 4) is 11.3 Å². The summed E-state index contributed by atoms with van der Waals surface area (Å²) in [6.45, 7) is 0. The van der Waals surface area contributed by atoms with Crippen LogP contribution in [0.4, 0.5) is 0 Å². The highest BCUT2D eigenvalue weighted by molar-refractivity contribution is 5.62. The van der Waals surface area contributed by atoms with E-state index in [4.69, 9.17) is 0 Å². The highest BCUT2D eigenvalue weighted by atomic mass is 16.3. The number of fused-ring (bicyclic) bond motifs is 1. The molecule has 1 aromatic carbocycles. The lowest BCUT2D eigenvalue weighted by atomic mass is 9.77. The molecule has 0 saturated carbocycles. The lowest BCUT2D eigenvalue weighted by Crippen LogP contribution is -2.57. The molecule has 3 aromatic rings. The summed E-state index contributed by atoms with van der Waals surface area (Å²) in [5, 5.41) is 21.1. The summed E-state index contributed by atoms with van der Waals surface area (Å²) in [5.74, 6) is 0. The fourth-order valence-electron chi connectivity index (χ4n) is 4.17. The molecule has 2 N–H and O–H groups in total. The van der Waals surface area contributed by atoms with Gasteiger partial charge in [0, 0.05) is 18.8 Å². The molecule has 26 heavy (non-hydrogen) atoms. The van der Waals surface area contributed by atoms with Gasteiger partial charge in [0.25, 0.3) is 0 Å². The predicted molar refractivity (Wildman–Crippen MR) is 91.9 cm³/mol. The van der Waals surface area contributed by atoms with E-state index in [1.54, 1.807) is 6.20 Å². The van der Waals surface area contributed by atoms with Crippen LogP contribution in [-0.4, -0.2) is 41.3 Å². The van der Waals surface area contributed by atoms with Crippen LogP contribution in [0.3, 0.4) is 0 Å². The van der Waals surface area contributed by atoms with Crippen LogP contribution in [0.15, 0.2) is 52.2 Å². The predicted octanol–water partition coefficient (Wildman–Crippen LogP) is -0.362. The van der Waals surface area contributed by atoms with Crippen molar-refractivity contribution in [2.24, 2.45) is 7.05 Å². The zero-order valence-corrected chi connectivity index (χ0v) is 13.9. The number of nitrogens with zero attached hydrogens (tertiary/aromatic N) is 4. The Labute approximate surface area is 147 Å². The summed E-state index contributed by atoms with van der Waals surface area (Å²) >= 11 is 0. The van der Waals surface area contributed by atoms with Crippen LogP contribution < -0.4 is 11.4 Å². The average Bonchev–Trinajstić information content (AvgIpc) is 2.89. The van der Waals surface area contributed by atoms with E-state index in [0.717, 1.165) is 27.0 Å². The van der Waals surface area contributed by atoms with Crippen molar-refractivity contribution in [1.82, 2.24) is 18.9 Å². The van der Waals surface area contributed by atoms with E-state index in [0.29, 0.717) is 0 Å². The average molecular weight is 352 g/mol. The molecule has 132 valence electrons. The Balaban J connectivity index is 1.80. The standard InChI is InChI=1S/C18H16N4O4/c1-20-17(25)21-13-10-6-5-9(12-4-2-3-7-19-12)8-11(10)14(16(24)15(13)23)22(21)18(20)26/h2-8,13-16,23-24H,1H3. The molecule has 0 amide bonds. The second kappa shape index (κ2) is 5.03. The van der Waals surface area contributed by atoms with Crippen molar-refractivity contribution in [3.05, 3.63) is 74.7 Å². The van der Waals surface area contributed by atoms with Crippen molar-refractivity contribution >= 4 is 0 Å². The summed E-state index contributed by atoms with van der Waals surface area (Å²) in [5.41, 5.74) is 2.06. The first-order valence-electron chi connectivity index (χ1n) is 8.32. The highest BCUT2D eigenvalue weighted by Gasteiger charge is 2.51. The maximum atomic E-state index is 12.5. The number of hydrogen-bond acceptors (Lipinski definition) is 5. The van der Waals surface area contributed by atoms with Gasteiger partial charge in [-0.2, -0.15) is 0 Å². The molecule has 0 fully saturated rings. The minimum atomic E-state index is -1.18. The minimum Gasteiger partial charge on any atom is -0.388 e. The van der Waals surface area contributed by atoms with Gasteiger partial charge in [-0.3, -0.25) is 4.98 Å². The Morgan fingerprint density at radius 3 is 2.19 bits per heavy atom. The molecule has 4 unspecified atom stereocenters. The van der Waals surface area contributed by atoms with Crippen LogP contribution >= 0.6 is 0 Å². The molecule has 4 atom stereocenters. The van der Waals surface area contributed by atoms with E-state index in [1.165, 1.54) is 16.4 Å². The second-order valence-electron chi connectivity index (χ2n) is 6.74. The molecule has 6 rings (SSSR count). The molecule has 2 aliphatic heterocycles. The zero-order valence-electron chi connectivity index (χ0n) is 13.9. The van der Waals surface area contributed by atoms with Crippen LogP contribution in [0.2, 0.25) is 0 Å². The van der Waals surface area contributed by atoms with Crippen molar-refractivity contribution in [2.75, 3.05) is 0 Å². The largest absolute Gasteiger partial charge is 0.388 e. The summed E-state index contributed by atoms with van der Waals surface area (Å²) in [6, 6.07) is 9.53. The molecule has 3 aliphatic rings. The van der Waals surface area contributed by atoms with E-state index in [-0.39, 0.29) is 0 Å². The van der Waals surface area contributed by atoms with Gasteiger partial charge >= 0.3 is 11.4 Å². The van der Waals surface area contributed by atoms with Gasteiger partial charge in [0.05, 0.1) is 5.69 Å². The van der Waals surface area contributed by atoms with Gasteiger partial charge in [-0.05, 0) is 29.3 Å². The van der Waals surface area contributed by atoms with Gasteiger partial charge in [-0.25, -0.2) is 23.5 Å². The van der Waals surface area contributed by atoms with Gasteiger partial charge in [0.2, 0.25) is 0 Å². The number of pyridine rings is 1. The van der Waals surface area contributed by atoms with Crippen LogP contribution in [0.25, 0.3) is 11.3 Å². The molecule has 4 heterocycles. The smallest absolute Gasteiger partial charge is 0.347 e. The lowest BCUT2D eigenvalue weighted by Gasteiger charge is -2.46. The Bertz CT molecular complexity index is 1140. The van der Waals surface area contributed by atoms with Crippen LogP contribution in [0, 0.1) is 0 Å². The Morgan fingerprint density at radius 1 is 0.923 bits per heavy atom. The first kappa shape index (κ1) is 15.3. The van der Waals surface area contributed by atoms with Crippen LogP contribution in [-0.2, 0) is 7.05 Å². The number of aliphatic hydroxyl groups is 2. The maximum Gasteiger partial charge on any atom is 0.347 e. The molecule has 0 saturated heterocycles. The van der Waals surface area contributed by atoms with Crippen LogP contribution in [0.5, 0.6) is 0 Å². The van der Waals surface area contributed by atoms with E-state index >= 15 is 0 Å². The summed E-state index contributed by atoms with van der Waals surface area (Å²) in [4.78, 5) is 29.4. The zero-order chi connectivity index (χ0) is 18.2. The monoisotopic (exact) mass is 352 g/mol. The van der Waals surface area contributed by atoms with E-state index < -0.39 is 35.7 Å². The number of aromatic nitrogens is 4. The SMILES string of the molecule is Cn1c(=O)n2n(c1=O)C1c3cc(-c4ccccn4)ccc3C2C(O)C1O. The summed E-state index contributed by atoms with van der Waals surface area (Å²) in [6.07, 6.45) is -0.641. The molecular weight excluding hydrogens is 336 g/mol. The van der Waals surface area contributed by atoms with Gasteiger partial charge in [-0.1, -0.05) is 18.2 Å². The molecule has 0 radical (unpaired) electrons. The third-order valence-electron chi connectivity index (χ3n) is 5.41. The fourth-order valence-corrected chi connectivity index (χ4v) is 4.17. The van der Waals surface area contributed by atoms with Gasteiger partial charge < -0.3 is 10.2 Å². The molecular formula is C18H16N4O4. The summed E-state index contributed by atoms with van der Waals surface area (Å²) < 4.78 is 3.51. The highest BCUT2D eigenvalue weighted by Crippen LogP contribution is 2.45. The van der Waals surface area contributed by atoms with Gasteiger partial charge in [-0.15, -0.1) is 0 Å². The third kappa shape index (κ3) is 1.72. The number of rotatable bonds is 1. The number of hydrogen-bond donors (Lipinski definition) is 2. The second-order valence-corrected chi connectivity index (χ2v) is 6.74. The van der Waals surface area contributed by atoms with Crippen molar-refractivity contribution in [1.29, 1.82) is 0 Å². The molecule has 1 aliphatic carbocycles. The molecule has 2 aromatic heterocycles. The Hall–Kier alpha value is -2.97. The summed E-state index contributed by atoms with van der Waals surface area (Å²) in [7, 11) is 1.39. The number of aliphatic hydroxyl groups excluding tert-OH is 2. The first-order chi connectivity index (χ1) is 12.5. The quantitative estimate of drug-likeness (QED) is 0.623. The van der Waals surface area contributed by atoms with Crippen molar-refractivity contribution in [2.45, 2.75) is 24.3 Å². The van der Waals surface area contributed by atoms with E-state index in [9.17, 15) is 19.8 Å². The molecule has 8 nitrogen and oxygen atoms in total. The molecule has 2 bridgehead atoms. The fraction of sp³-hybridized carbons (Fsp3) is 0.278. The third-order valence-corrected chi connectivity index (χ3v) is 5.41. The van der Waals surface area contributed by atoms with Gasteiger partial charge in [0.1, 0.15) is 24.3 Å². The van der Waals surface area contributed by atoms with Gasteiger partial charge in [0.15, 0.2) is 0 Å². The molecule has 0 spiro atoms.